The normalized spacial score (nSPS) is 13.4. The van der Waals surface area contributed by atoms with Gasteiger partial charge in [-0.3, -0.25) is 19.2 Å². The first kappa shape index (κ1) is 20.9. The maximum absolute atomic E-state index is 12.5. The molecule has 8 heteroatoms. The zero-order valence-corrected chi connectivity index (χ0v) is 15.8. The fourth-order valence-electron chi connectivity index (χ4n) is 2.99. The molecule has 0 unspecified atom stereocenters. The summed E-state index contributed by atoms with van der Waals surface area (Å²) < 4.78 is 0. The van der Waals surface area contributed by atoms with Gasteiger partial charge in [0.1, 0.15) is 5.56 Å². The molecule has 1 aromatic heterocycles. The van der Waals surface area contributed by atoms with Crippen molar-refractivity contribution in [3.05, 3.63) is 63.6 Å². The average molecular weight is 385 g/mol. The number of aromatic nitrogens is 1. The Morgan fingerprint density at radius 2 is 1.68 bits per heavy atom. The molecule has 1 aliphatic heterocycles. The molecule has 1 amide bonds. The topological polar surface area (TPSA) is 111 Å². The van der Waals surface area contributed by atoms with E-state index in [0.717, 1.165) is 11.4 Å². The van der Waals surface area contributed by atoms with Crippen molar-refractivity contribution in [2.75, 3.05) is 31.1 Å². The zero-order chi connectivity index (χ0) is 20.7. The summed E-state index contributed by atoms with van der Waals surface area (Å²) in [6.07, 6.45) is 1.49. The number of aryl methyl sites for hydroxylation is 1. The molecule has 1 aliphatic rings. The van der Waals surface area contributed by atoms with Gasteiger partial charge in [-0.15, -0.1) is 0 Å². The second-order valence-corrected chi connectivity index (χ2v) is 6.38. The first-order valence-corrected chi connectivity index (χ1v) is 8.79. The van der Waals surface area contributed by atoms with Crippen molar-refractivity contribution >= 4 is 23.9 Å². The second-order valence-electron chi connectivity index (χ2n) is 6.38. The lowest BCUT2D eigenvalue weighted by Crippen LogP contribution is -2.49. The molecule has 2 aromatic rings. The Morgan fingerprint density at radius 3 is 2.18 bits per heavy atom. The van der Waals surface area contributed by atoms with E-state index < -0.39 is 0 Å². The van der Waals surface area contributed by atoms with E-state index in [0.29, 0.717) is 31.7 Å². The summed E-state index contributed by atoms with van der Waals surface area (Å²) in [5, 5.41) is 6.89. The molecule has 0 saturated carbocycles. The van der Waals surface area contributed by atoms with Crippen molar-refractivity contribution in [1.82, 2.24) is 9.88 Å². The molecule has 1 fully saturated rings. The van der Waals surface area contributed by atoms with Crippen LogP contribution in [-0.4, -0.2) is 59.3 Å². The number of nitrogens with zero attached hydrogens (tertiary/aromatic N) is 2. The highest BCUT2D eigenvalue weighted by molar-refractivity contribution is 5.94. The van der Waals surface area contributed by atoms with Crippen molar-refractivity contribution in [2.24, 2.45) is 0 Å². The van der Waals surface area contributed by atoms with Gasteiger partial charge >= 0.3 is 0 Å². The number of Topliss-reactive ketones (excluding diaryl/α,β-unsaturated/α-hetero) is 1. The number of carbonyl (C=O) groups excluding carboxylic acids is 2. The van der Waals surface area contributed by atoms with Gasteiger partial charge in [-0.25, -0.2) is 0 Å². The smallest absolute Gasteiger partial charge is 0.290 e. The third kappa shape index (κ3) is 5.06. The Morgan fingerprint density at radius 1 is 1.11 bits per heavy atom. The third-order valence-electron chi connectivity index (χ3n) is 4.49. The van der Waals surface area contributed by atoms with Crippen LogP contribution in [0.4, 0.5) is 5.69 Å². The van der Waals surface area contributed by atoms with Gasteiger partial charge in [0.25, 0.3) is 12.4 Å². The largest absolute Gasteiger partial charge is 0.483 e. The SMILES string of the molecule is CC(=O)c1ccc(N2CCN(C(=O)c3c[nH]c(C)cc3=O)CC2)cc1.O=CO. The summed E-state index contributed by atoms with van der Waals surface area (Å²) in [6.45, 7) is 5.57. The number of carbonyl (C=O) groups is 3. The van der Waals surface area contributed by atoms with Gasteiger partial charge in [0.2, 0.25) is 0 Å². The van der Waals surface area contributed by atoms with Gasteiger partial charge in [0.05, 0.1) is 0 Å². The molecular formula is C20H23N3O5. The van der Waals surface area contributed by atoms with Crippen LogP contribution >= 0.6 is 0 Å². The minimum absolute atomic E-state index is 0.0466. The predicted molar refractivity (Wildman–Crippen MR) is 105 cm³/mol. The van der Waals surface area contributed by atoms with Crippen LogP contribution in [0.15, 0.2) is 41.3 Å². The predicted octanol–water partition coefficient (Wildman–Crippen LogP) is 1.55. The molecule has 148 valence electrons. The summed E-state index contributed by atoms with van der Waals surface area (Å²) in [6, 6.07) is 8.94. The van der Waals surface area contributed by atoms with Crippen LogP contribution in [0.25, 0.3) is 0 Å². The third-order valence-corrected chi connectivity index (χ3v) is 4.49. The molecular weight excluding hydrogens is 362 g/mol. The quantitative estimate of drug-likeness (QED) is 0.613. The standard InChI is InChI=1S/C19H21N3O3.CH2O2/c1-13-11-18(24)17(12-20-13)19(25)22-9-7-21(8-10-22)16-5-3-15(4-6-16)14(2)23;2-1-3/h3-6,11-12H,7-10H2,1-2H3,(H,20,24);1H,(H,2,3). The molecule has 0 spiro atoms. The van der Waals surface area contributed by atoms with Crippen molar-refractivity contribution in [1.29, 1.82) is 0 Å². The summed E-state index contributed by atoms with van der Waals surface area (Å²) in [5.41, 5.74) is 2.40. The summed E-state index contributed by atoms with van der Waals surface area (Å²) in [7, 11) is 0. The molecule has 8 nitrogen and oxygen atoms in total. The summed E-state index contributed by atoms with van der Waals surface area (Å²) >= 11 is 0. The Hall–Kier alpha value is -3.42. The van der Waals surface area contributed by atoms with Gasteiger partial charge in [-0.2, -0.15) is 0 Å². The number of hydrogen-bond acceptors (Lipinski definition) is 5. The molecule has 0 radical (unpaired) electrons. The highest BCUT2D eigenvalue weighted by Gasteiger charge is 2.24. The van der Waals surface area contributed by atoms with E-state index >= 15 is 0 Å². The monoisotopic (exact) mass is 385 g/mol. The molecule has 0 atom stereocenters. The van der Waals surface area contributed by atoms with Gasteiger partial charge in [0.15, 0.2) is 11.2 Å². The van der Waals surface area contributed by atoms with E-state index in [2.05, 4.69) is 9.88 Å². The lowest BCUT2D eigenvalue weighted by atomic mass is 10.1. The molecule has 2 N–H and O–H groups in total. The van der Waals surface area contributed by atoms with Crippen LogP contribution in [0.2, 0.25) is 0 Å². The van der Waals surface area contributed by atoms with Gasteiger partial charge in [0, 0.05) is 55.4 Å². The lowest BCUT2D eigenvalue weighted by molar-refractivity contribution is -0.122. The van der Waals surface area contributed by atoms with Crippen molar-refractivity contribution < 1.29 is 19.5 Å². The number of benzene rings is 1. The van der Waals surface area contributed by atoms with E-state index in [-0.39, 0.29) is 29.2 Å². The number of rotatable bonds is 3. The number of anilines is 1. The second kappa shape index (κ2) is 9.50. The highest BCUT2D eigenvalue weighted by Crippen LogP contribution is 2.18. The number of piperazine rings is 1. The molecule has 2 heterocycles. The van der Waals surface area contributed by atoms with E-state index in [1.54, 1.807) is 18.7 Å². The minimum Gasteiger partial charge on any atom is -0.483 e. The highest BCUT2D eigenvalue weighted by atomic mass is 16.3. The van der Waals surface area contributed by atoms with Crippen LogP contribution in [0.1, 0.15) is 33.3 Å². The summed E-state index contributed by atoms with van der Waals surface area (Å²) in [5.74, 6) is -0.182. The summed E-state index contributed by atoms with van der Waals surface area (Å²) in [4.78, 5) is 51.1. The van der Waals surface area contributed by atoms with Gasteiger partial charge in [-0.1, -0.05) is 0 Å². The van der Waals surface area contributed by atoms with Gasteiger partial charge < -0.3 is 19.9 Å². The molecule has 0 aliphatic carbocycles. The molecule has 1 aromatic carbocycles. The first-order chi connectivity index (χ1) is 13.4. The van der Waals surface area contributed by atoms with Crippen molar-refractivity contribution in [2.45, 2.75) is 13.8 Å². The maximum Gasteiger partial charge on any atom is 0.290 e. The number of pyridine rings is 1. The number of carboxylic acid groups (broad SMARTS) is 1. The molecule has 3 rings (SSSR count). The minimum atomic E-state index is -0.250. The number of ketones is 1. The Balaban J connectivity index is 0.000000878. The number of nitrogens with one attached hydrogen (secondary N) is 1. The Labute approximate surface area is 162 Å². The Bertz CT molecular complexity index is 897. The van der Waals surface area contributed by atoms with E-state index in [1.807, 2.05) is 24.3 Å². The van der Waals surface area contributed by atoms with Crippen LogP contribution in [0.3, 0.4) is 0 Å². The fraction of sp³-hybridized carbons (Fsp3) is 0.300. The van der Waals surface area contributed by atoms with E-state index in [1.165, 1.54) is 12.3 Å². The van der Waals surface area contributed by atoms with Crippen LogP contribution < -0.4 is 10.3 Å². The Kier molecular flexibility index (Phi) is 7.08. The fourth-order valence-corrected chi connectivity index (χ4v) is 2.99. The molecule has 0 bridgehead atoms. The van der Waals surface area contributed by atoms with Crippen LogP contribution in [0.5, 0.6) is 0 Å². The number of amides is 1. The molecule has 28 heavy (non-hydrogen) atoms. The number of hydrogen-bond donors (Lipinski definition) is 2. The lowest BCUT2D eigenvalue weighted by Gasteiger charge is -2.36. The first-order valence-electron chi connectivity index (χ1n) is 8.79. The molecule has 1 saturated heterocycles. The maximum atomic E-state index is 12.5. The van der Waals surface area contributed by atoms with Gasteiger partial charge in [-0.05, 0) is 38.1 Å². The zero-order valence-electron chi connectivity index (χ0n) is 15.8. The van der Waals surface area contributed by atoms with Crippen molar-refractivity contribution in [3.63, 3.8) is 0 Å². The van der Waals surface area contributed by atoms with E-state index in [4.69, 9.17) is 9.90 Å². The van der Waals surface area contributed by atoms with E-state index in [9.17, 15) is 14.4 Å². The van der Waals surface area contributed by atoms with Crippen LogP contribution in [-0.2, 0) is 4.79 Å². The number of H-pyrrole nitrogens is 1. The number of aromatic amines is 1. The van der Waals surface area contributed by atoms with Crippen LogP contribution in [0, 0.1) is 6.92 Å². The average Bonchev–Trinajstić information content (AvgIpc) is 2.68. The van der Waals surface area contributed by atoms with Crippen molar-refractivity contribution in [3.8, 4) is 0 Å².